The Balaban J connectivity index is 1.92. The third-order valence-corrected chi connectivity index (χ3v) is 4.70. The molecule has 2 unspecified atom stereocenters. The van der Waals surface area contributed by atoms with Gasteiger partial charge in [-0.3, -0.25) is 0 Å². The van der Waals surface area contributed by atoms with Crippen molar-refractivity contribution in [3.05, 3.63) is 52.6 Å². The van der Waals surface area contributed by atoms with Gasteiger partial charge in [0.1, 0.15) is 0 Å². The van der Waals surface area contributed by atoms with Gasteiger partial charge in [0.05, 0.1) is 0 Å². The van der Waals surface area contributed by atoms with Gasteiger partial charge in [0.15, 0.2) is 11.5 Å². The van der Waals surface area contributed by atoms with Crippen LogP contribution in [0.15, 0.2) is 41.5 Å². The van der Waals surface area contributed by atoms with Gasteiger partial charge in [-0.2, -0.15) is 0 Å². The fourth-order valence-corrected chi connectivity index (χ4v) is 3.75. The van der Waals surface area contributed by atoms with Gasteiger partial charge in [0.25, 0.3) is 0 Å². The van der Waals surface area contributed by atoms with E-state index in [4.69, 9.17) is 0 Å². The van der Waals surface area contributed by atoms with Crippen molar-refractivity contribution in [3.8, 4) is 11.5 Å². The van der Waals surface area contributed by atoms with Crippen molar-refractivity contribution in [1.82, 2.24) is 0 Å². The SMILES string of the molecule is Oc1ccc2c(c1O)C=CC1=C3C=CCC3CCC12. The molecule has 2 nitrogen and oxygen atoms in total. The molecule has 3 aliphatic rings. The van der Waals surface area contributed by atoms with Crippen molar-refractivity contribution in [3.63, 3.8) is 0 Å². The molecule has 96 valence electrons. The molecule has 0 spiro atoms. The molecule has 0 saturated heterocycles. The fourth-order valence-electron chi connectivity index (χ4n) is 3.75. The van der Waals surface area contributed by atoms with E-state index in [1.54, 1.807) is 6.07 Å². The number of rotatable bonds is 0. The summed E-state index contributed by atoms with van der Waals surface area (Å²) in [7, 11) is 0. The molecule has 0 saturated carbocycles. The smallest absolute Gasteiger partial charge is 0.165 e. The number of aromatic hydroxyl groups is 2. The topological polar surface area (TPSA) is 40.5 Å². The zero-order chi connectivity index (χ0) is 13.0. The molecule has 3 aliphatic carbocycles. The first-order chi connectivity index (χ1) is 9.25. The molecule has 0 fully saturated rings. The summed E-state index contributed by atoms with van der Waals surface area (Å²) in [4.78, 5) is 0. The number of hydrogen-bond donors (Lipinski definition) is 2. The van der Waals surface area contributed by atoms with E-state index in [1.807, 2.05) is 12.1 Å². The van der Waals surface area contributed by atoms with E-state index in [0.717, 1.165) is 17.5 Å². The van der Waals surface area contributed by atoms with Gasteiger partial charge in [-0.05, 0) is 48.0 Å². The Morgan fingerprint density at radius 3 is 2.74 bits per heavy atom. The van der Waals surface area contributed by atoms with E-state index in [0.29, 0.717) is 11.8 Å². The molecule has 0 heterocycles. The van der Waals surface area contributed by atoms with Gasteiger partial charge in [-0.1, -0.05) is 30.4 Å². The highest BCUT2D eigenvalue weighted by atomic mass is 16.3. The zero-order valence-corrected chi connectivity index (χ0v) is 10.6. The zero-order valence-electron chi connectivity index (χ0n) is 10.6. The average molecular weight is 252 g/mol. The van der Waals surface area contributed by atoms with E-state index in [1.165, 1.54) is 24.0 Å². The molecular weight excluding hydrogens is 236 g/mol. The molecule has 0 bridgehead atoms. The molecule has 0 amide bonds. The van der Waals surface area contributed by atoms with Crippen LogP contribution in [0.25, 0.3) is 6.08 Å². The van der Waals surface area contributed by atoms with Crippen LogP contribution >= 0.6 is 0 Å². The molecule has 0 radical (unpaired) electrons. The molecule has 4 rings (SSSR count). The van der Waals surface area contributed by atoms with Gasteiger partial charge in [0.2, 0.25) is 0 Å². The average Bonchev–Trinajstić information content (AvgIpc) is 2.91. The minimum atomic E-state index is -0.0334. The summed E-state index contributed by atoms with van der Waals surface area (Å²) in [5.41, 5.74) is 4.82. The maximum Gasteiger partial charge on any atom is 0.165 e. The van der Waals surface area contributed by atoms with Gasteiger partial charge in [0, 0.05) is 11.5 Å². The van der Waals surface area contributed by atoms with Crippen molar-refractivity contribution in [2.45, 2.75) is 25.2 Å². The van der Waals surface area contributed by atoms with Crippen LogP contribution in [0.3, 0.4) is 0 Å². The van der Waals surface area contributed by atoms with E-state index in [9.17, 15) is 10.2 Å². The predicted molar refractivity (Wildman–Crippen MR) is 75.1 cm³/mol. The summed E-state index contributed by atoms with van der Waals surface area (Å²) < 4.78 is 0. The molecule has 2 N–H and O–H groups in total. The largest absolute Gasteiger partial charge is 0.504 e. The highest BCUT2D eigenvalue weighted by Crippen LogP contribution is 2.50. The maximum atomic E-state index is 9.99. The molecule has 1 aromatic rings. The van der Waals surface area contributed by atoms with Gasteiger partial charge in [-0.25, -0.2) is 0 Å². The first kappa shape index (κ1) is 10.9. The summed E-state index contributed by atoms with van der Waals surface area (Å²) in [6, 6.07) is 3.56. The third-order valence-electron chi connectivity index (χ3n) is 4.70. The maximum absolute atomic E-state index is 9.99. The Morgan fingerprint density at radius 1 is 0.947 bits per heavy atom. The minimum Gasteiger partial charge on any atom is -0.504 e. The van der Waals surface area contributed by atoms with Crippen molar-refractivity contribution in [2.75, 3.05) is 0 Å². The van der Waals surface area contributed by atoms with Gasteiger partial charge >= 0.3 is 0 Å². The summed E-state index contributed by atoms with van der Waals surface area (Å²) in [6.45, 7) is 0. The second-order valence-corrected chi connectivity index (χ2v) is 5.65. The normalized spacial score (nSPS) is 27.2. The third kappa shape index (κ3) is 1.43. The number of fused-ring (bicyclic) bond motifs is 4. The van der Waals surface area contributed by atoms with Crippen LogP contribution in [0, 0.1) is 5.92 Å². The lowest BCUT2D eigenvalue weighted by atomic mass is 9.71. The van der Waals surface area contributed by atoms with Crippen molar-refractivity contribution in [1.29, 1.82) is 0 Å². The van der Waals surface area contributed by atoms with Gasteiger partial charge in [-0.15, -0.1) is 0 Å². The van der Waals surface area contributed by atoms with Crippen molar-refractivity contribution >= 4 is 6.08 Å². The van der Waals surface area contributed by atoms with Crippen LogP contribution < -0.4 is 0 Å². The Morgan fingerprint density at radius 2 is 1.84 bits per heavy atom. The van der Waals surface area contributed by atoms with Crippen molar-refractivity contribution in [2.24, 2.45) is 5.92 Å². The predicted octanol–water partition coefficient (Wildman–Crippen LogP) is 3.87. The van der Waals surface area contributed by atoms with Crippen LogP contribution in [0.2, 0.25) is 0 Å². The van der Waals surface area contributed by atoms with Crippen LogP contribution in [-0.4, -0.2) is 10.2 Å². The van der Waals surface area contributed by atoms with E-state index >= 15 is 0 Å². The van der Waals surface area contributed by atoms with Crippen LogP contribution in [-0.2, 0) is 0 Å². The van der Waals surface area contributed by atoms with Crippen LogP contribution in [0.4, 0.5) is 0 Å². The molecule has 1 aromatic carbocycles. The number of phenolic OH excluding ortho intramolecular Hbond substituents is 2. The monoisotopic (exact) mass is 252 g/mol. The Kier molecular flexibility index (Phi) is 2.16. The van der Waals surface area contributed by atoms with Crippen molar-refractivity contribution < 1.29 is 10.2 Å². The highest BCUT2D eigenvalue weighted by molar-refractivity contribution is 5.72. The second-order valence-electron chi connectivity index (χ2n) is 5.65. The fraction of sp³-hybridized carbons (Fsp3) is 0.294. The Hall–Kier alpha value is -1.96. The first-order valence-electron chi connectivity index (χ1n) is 6.89. The molecule has 0 aliphatic heterocycles. The number of allylic oxidation sites excluding steroid dienone is 5. The standard InChI is InChI=1S/C17H16O2/c18-16-9-8-14-13-5-4-10-2-1-3-11(10)12(13)6-7-15(14)17(16)19/h1,3,6-10,13,18-19H,2,4-5H2. The molecule has 19 heavy (non-hydrogen) atoms. The molecule has 2 heteroatoms. The number of hydrogen-bond acceptors (Lipinski definition) is 2. The second kappa shape index (κ2) is 3.77. The lowest BCUT2D eigenvalue weighted by Crippen LogP contribution is -2.17. The summed E-state index contributed by atoms with van der Waals surface area (Å²) in [6.07, 6.45) is 12.1. The number of phenols is 2. The van der Waals surface area contributed by atoms with Crippen LogP contribution in [0.1, 0.15) is 36.3 Å². The Labute approximate surface area is 112 Å². The lowest BCUT2D eigenvalue weighted by molar-refractivity contribution is 0.401. The molecular formula is C17H16O2. The lowest BCUT2D eigenvalue weighted by Gasteiger charge is -2.33. The Bertz CT molecular complexity index is 649. The first-order valence-corrected chi connectivity index (χ1v) is 6.89. The highest BCUT2D eigenvalue weighted by Gasteiger charge is 2.33. The van der Waals surface area contributed by atoms with E-state index < -0.39 is 0 Å². The summed E-state index contributed by atoms with van der Waals surface area (Å²) in [5.74, 6) is 1.06. The van der Waals surface area contributed by atoms with E-state index in [-0.39, 0.29) is 11.5 Å². The quantitative estimate of drug-likeness (QED) is 0.688. The number of benzene rings is 1. The van der Waals surface area contributed by atoms with Gasteiger partial charge < -0.3 is 10.2 Å². The summed E-state index contributed by atoms with van der Waals surface area (Å²) >= 11 is 0. The minimum absolute atomic E-state index is 0.0156. The summed E-state index contributed by atoms with van der Waals surface area (Å²) in [5, 5.41) is 19.6. The van der Waals surface area contributed by atoms with Crippen LogP contribution in [0.5, 0.6) is 11.5 Å². The van der Waals surface area contributed by atoms with E-state index in [2.05, 4.69) is 18.2 Å². The molecule has 2 atom stereocenters. The molecule has 0 aromatic heterocycles.